The second kappa shape index (κ2) is 2.06. The molecule has 0 aliphatic heterocycles. The molecule has 0 spiro atoms. The maximum absolute atomic E-state index is 5.15. The van der Waals surface area contributed by atoms with Crippen LogP contribution < -0.4 is 0 Å². The van der Waals surface area contributed by atoms with Crippen LogP contribution in [0.25, 0.3) is 0 Å². The van der Waals surface area contributed by atoms with Crippen LogP contribution >= 0.6 is 0 Å². The quantitative estimate of drug-likeness (QED) is 0.540. The van der Waals surface area contributed by atoms with E-state index in [1.807, 2.05) is 0 Å². The van der Waals surface area contributed by atoms with E-state index in [2.05, 4.69) is 13.8 Å². The van der Waals surface area contributed by atoms with Gasteiger partial charge in [-0.15, -0.1) is 0 Å². The fourth-order valence-corrected chi connectivity index (χ4v) is 0.676. The Labute approximate surface area is 51.0 Å². The van der Waals surface area contributed by atoms with Crippen molar-refractivity contribution in [2.75, 3.05) is 13.2 Å². The van der Waals surface area contributed by atoms with Crippen molar-refractivity contribution in [2.45, 2.75) is 19.8 Å². The molecule has 0 heterocycles. The van der Waals surface area contributed by atoms with E-state index >= 15 is 0 Å². The lowest BCUT2D eigenvalue weighted by molar-refractivity contribution is 0.119. The van der Waals surface area contributed by atoms with E-state index in [1.54, 1.807) is 0 Å². The molecule has 0 aromatic rings. The average Bonchev–Trinajstić information content (AvgIpc) is 2.45. The molecule has 1 nitrogen and oxygen atoms in total. The molecular formula is C7H13O. The van der Waals surface area contributed by atoms with E-state index in [4.69, 9.17) is 4.74 Å². The van der Waals surface area contributed by atoms with E-state index < -0.39 is 0 Å². The third-order valence-corrected chi connectivity index (χ3v) is 1.70. The Morgan fingerprint density at radius 1 is 1.62 bits per heavy atom. The summed E-state index contributed by atoms with van der Waals surface area (Å²) in [6.45, 7) is 7.38. The largest absolute Gasteiger partial charge is 0.381 e. The summed E-state index contributed by atoms with van der Waals surface area (Å²) in [6.07, 6.45) is 2.68. The zero-order valence-electron chi connectivity index (χ0n) is 5.44. The minimum atomic E-state index is 0.539. The van der Waals surface area contributed by atoms with Crippen LogP contribution in [-0.4, -0.2) is 13.2 Å². The molecule has 0 bridgehead atoms. The molecule has 0 atom stereocenters. The summed E-state index contributed by atoms with van der Waals surface area (Å²) >= 11 is 0. The maximum atomic E-state index is 5.15. The fourth-order valence-electron chi connectivity index (χ4n) is 0.676. The highest BCUT2D eigenvalue weighted by Gasteiger charge is 2.36. The normalized spacial score (nSPS) is 23.2. The minimum absolute atomic E-state index is 0.539. The molecule has 0 unspecified atom stereocenters. The molecular weight excluding hydrogens is 100 g/mol. The van der Waals surface area contributed by atoms with Crippen LogP contribution in [0.3, 0.4) is 0 Å². The Kier molecular flexibility index (Phi) is 1.57. The van der Waals surface area contributed by atoms with Crippen molar-refractivity contribution in [1.82, 2.24) is 0 Å². The Morgan fingerprint density at radius 3 is 2.62 bits per heavy atom. The second-order valence-electron chi connectivity index (χ2n) is 2.86. The van der Waals surface area contributed by atoms with Crippen molar-refractivity contribution < 1.29 is 4.74 Å². The summed E-state index contributed by atoms with van der Waals surface area (Å²) in [5.41, 5.74) is 0.539. The lowest BCUT2D eigenvalue weighted by Gasteiger charge is -2.05. The van der Waals surface area contributed by atoms with Crippen LogP contribution in [0.15, 0.2) is 0 Å². The maximum Gasteiger partial charge on any atom is 0.0519 e. The molecule has 47 valence electrons. The minimum Gasteiger partial charge on any atom is -0.381 e. The molecule has 1 aliphatic carbocycles. The van der Waals surface area contributed by atoms with Gasteiger partial charge in [-0.05, 0) is 25.2 Å². The van der Waals surface area contributed by atoms with Crippen molar-refractivity contribution in [3.63, 3.8) is 0 Å². The predicted octanol–water partition coefficient (Wildman–Crippen LogP) is 1.64. The highest BCUT2D eigenvalue weighted by Crippen LogP contribution is 2.44. The Balaban J connectivity index is 2.01. The van der Waals surface area contributed by atoms with Crippen LogP contribution in [0.2, 0.25) is 0 Å². The molecule has 1 heteroatoms. The van der Waals surface area contributed by atoms with Gasteiger partial charge in [0.25, 0.3) is 0 Å². The van der Waals surface area contributed by atoms with Gasteiger partial charge in [0.05, 0.1) is 6.61 Å². The highest BCUT2D eigenvalue weighted by molar-refractivity contribution is 4.87. The summed E-state index contributed by atoms with van der Waals surface area (Å²) in [5, 5.41) is 0. The topological polar surface area (TPSA) is 9.23 Å². The lowest BCUT2D eigenvalue weighted by Crippen LogP contribution is -2.04. The molecule has 1 aliphatic rings. The number of ether oxygens (including phenoxy) is 1. The van der Waals surface area contributed by atoms with Crippen molar-refractivity contribution in [3.8, 4) is 0 Å². The molecule has 1 fully saturated rings. The smallest absolute Gasteiger partial charge is 0.0519 e. The summed E-state index contributed by atoms with van der Waals surface area (Å²) in [6, 6.07) is 0. The first-order valence-electron chi connectivity index (χ1n) is 3.14. The monoisotopic (exact) mass is 113 g/mol. The van der Waals surface area contributed by atoms with E-state index in [0.717, 1.165) is 6.61 Å². The molecule has 1 rings (SSSR count). The SMILES string of the molecule is [CH2]COCC1(C)CC1. The summed E-state index contributed by atoms with van der Waals surface area (Å²) in [4.78, 5) is 0. The first-order valence-corrected chi connectivity index (χ1v) is 3.14. The van der Waals surface area contributed by atoms with Gasteiger partial charge in [0.15, 0.2) is 0 Å². The fraction of sp³-hybridized carbons (Fsp3) is 0.857. The summed E-state index contributed by atoms with van der Waals surface area (Å²) < 4.78 is 5.15. The highest BCUT2D eigenvalue weighted by atomic mass is 16.5. The van der Waals surface area contributed by atoms with Crippen molar-refractivity contribution in [1.29, 1.82) is 0 Å². The van der Waals surface area contributed by atoms with E-state index in [9.17, 15) is 0 Å². The molecule has 0 aromatic heterocycles. The first-order chi connectivity index (χ1) is 3.77. The van der Waals surface area contributed by atoms with Crippen molar-refractivity contribution in [2.24, 2.45) is 5.41 Å². The molecule has 0 saturated heterocycles. The predicted molar refractivity (Wildman–Crippen MR) is 33.5 cm³/mol. The zero-order chi connectivity index (χ0) is 6.04. The van der Waals surface area contributed by atoms with E-state index in [1.165, 1.54) is 12.8 Å². The van der Waals surface area contributed by atoms with E-state index in [0.29, 0.717) is 12.0 Å². The van der Waals surface area contributed by atoms with Crippen LogP contribution in [0, 0.1) is 12.3 Å². The second-order valence-corrected chi connectivity index (χ2v) is 2.86. The van der Waals surface area contributed by atoms with Crippen LogP contribution in [0.5, 0.6) is 0 Å². The summed E-state index contributed by atoms with van der Waals surface area (Å²) in [7, 11) is 0. The van der Waals surface area contributed by atoms with Gasteiger partial charge in [-0.1, -0.05) is 6.92 Å². The summed E-state index contributed by atoms with van der Waals surface area (Å²) in [5.74, 6) is 0. The molecule has 1 saturated carbocycles. The third kappa shape index (κ3) is 1.48. The van der Waals surface area contributed by atoms with Gasteiger partial charge >= 0.3 is 0 Å². The Bertz CT molecular complexity index is 74.5. The molecule has 0 N–H and O–H groups in total. The zero-order valence-corrected chi connectivity index (χ0v) is 5.44. The van der Waals surface area contributed by atoms with Gasteiger partial charge in [0, 0.05) is 6.61 Å². The number of hydrogen-bond donors (Lipinski definition) is 0. The number of hydrogen-bond acceptors (Lipinski definition) is 1. The van der Waals surface area contributed by atoms with Gasteiger partial charge < -0.3 is 4.74 Å². The van der Waals surface area contributed by atoms with Gasteiger partial charge in [-0.2, -0.15) is 0 Å². The van der Waals surface area contributed by atoms with Gasteiger partial charge in [-0.25, -0.2) is 0 Å². The van der Waals surface area contributed by atoms with Crippen molar-refractivity contribution in [3.05, 3.63) is 6.92 Å². The molecule has 8 heavy (non-hydrogen) atoms. The average molecular weight is 113 g/mol. The van der Waals surface area contributed by atoms with Gasteiger partial charge in [-0.3, -0.25) is 0 Å². The molecule has 0 amide bonds. The van der Waals surface area contributed by atoms with Gasteiger partial charge in [0.2, 0.25) is 0 Å². The van der Waals surface area contributed by atoms with Crippen LogP contribution in [0.4, 0.5) is 0 Å². The molecule has 1 radical (unpaired) electrons. The van der Waals surface area contributed by atoms with Gasteiger partial charge in [0.1, 0.15) is 0 Å². The lowest BCUT2D eigenvalue weighted by atomic mass is 10.2. The molecule has 0 aromatic carbocycles. The van der Waals surface area contributed by atoms with Crippen LogP contribution in [0.1, 0.15) is 19.8 Å². The van der Waals surface area contributed by atoms with E-state index in [-0.39, 0.29) is 0 Å². The standard InChI is InChI=1S/C7H13O/c1-3-8-6-7(2)4-5-7/h1,3-6H2,2H3. The number of rotatable bonds is 3. The third-order valence-electron chi connectivity index (χ3n) is 1.70. The van der Waals surface area contributed by atoms with Crippen molar-refractivity contribution >= 4 is 0 Å². The Morgan fingerprint density at radius 2 is 2.25 bits per heavy atom. The first kappa shape index (κ1) is 6.09. The Hall–Kier alpha value is -0.0400. The van der Waals surface area contributed by atoms with Crippen LogP contribution in [-0.2, 0) is 4.74 Å².